The molecule has 0 fully saturated rings. The van der Waals surface area contributed by atoms with E-state index in [2.05, 4.69) is 37.3 Å². The van der Waals surface area contributed by atoms with Crippen molar-refractivity contribution in [3.8, 4) is 0 Å². The van der Waals surface area contributed by atoms with Gasteiger partial charge in [0.2, 0.25) is 0 Å². The maximum Gasteiger partial charge on any atom is 0.137 e. The summed E-state index contributed by atoms with van der Waals surface area (Å²) in [4.78, 5) is 0. The van der Waals surface area contributed by atoms with Crippen LogP contribution in [0.5, 0.6) is 0 Å². The molecule has 2 heteroatoms. The summed E-state index contributed by atoms with van der Waals surface area (Å²) in [6, 6.07) is 16.6. The molecule has 0 aliphatic carbocycles. The van der Waals surface area contributed by atoms with Crippen molar-refractivity contribution in [3.63, 3.8) is 0 Å². The zero-order chi connectivity index (χ0) is 13.0. The molecule has 0 atom stereocenters. The van der Waals surface area contributed by atoms with E-state index in [4.69, 9.17) is 10.2 Å². The first-order valence-corrected chi connectivity index (χ1v) is 6.33. The van der Waals surface area contributed by atoms with Crippen LogP contribution in [0.2, 0.25) is 0 Å². The molecule has 19 heavy (non-hydrogen) atoms. The summed E-state index contributed by atoms with van der Waals surface area (Å²) in [6.07, 6.45) is 0. The second-order valence-electron chi connectivity index (χ2n) is 5.06. The van der Waals surface area contributed by atoms with Crippen molar-refractivity contribution in [1.82, 2.24) is 0 Å². The Bertz CT molecular complexity index is 925. The maximum absolute atomic E-state index is 5.90. The fourth-order valence-electron chi connectivity index (χ4n) is 2.66. The van der Waals surface area contributed by atoms with E-state index in [1.807, 2.05) is 18.2 Å². The molecule has 2 N–H and O–H groups in total. The first-order valence-electron chi connectivity index (χ1n) is 6.33. The van der Waals surface area contributed by atoms with Crippen LogP contribution in [-0.4, -0.2) is 0 Å². The highest BCUT2D eigenvalue weighted by Crippen LogP contribution is 2.33. The number of nitrogen functional groups attached to an aromatic ring is 1. The summed E-state index contributed by atoms with van der Waals surface area (Å²) in [6.45, 7) is 2.10. The highest BCUT2D eigenvalue weighted by atomic mass is 16.3. The molecule has 4 rings (SSSR count). The van der Waals surface area contributed by atoms with Gasteiger partial charge >= 0.3 is 0 Å². The minimum atomic E-state index is 0.729. The summed E-state index contributed by atoms with van der Waals surface area (Å²) in [5.74, 6) is 0. The van der Waals surface area contributed by atoms with Crippen LogP contribution in [0.25, 0.3) is 32.7 Å². The number of hydrogen-bond donors (Lipinski definition) is 1. The fourth-order valence-corrected chi connectivity index (χ4v) is 2.66. The predicted molar refractivity (Wildman–Crippen MR) is 80.4 cm³/mol. The largest absolute Gasteiger partial charge is 0.456 e. The summed E-state index contributed by atoms with van der Waals surface area (Å²) in [5, 5.41) is 4.70. The monoisotopic (exact) mass is 247 g/mol. The lowest BCUT2D eigenvalue weighted by Gasteiger charge is -1.99. The van der Waals surface area contributed by atoms with E-state index in [1.165, 1.54) is 16.3 Å². The highest BCUT2D eigenvalue weighted by molar-refractivity contribution is 6.10. The molecule has 3 aromatic carbocycles. The van der Waals surface area contributed by atoms with Gasteiger partial charge in [-0.05, 0) is 42.0 Å². The summed E-state index contributed by atoms with van der Waals surface area (Å²) in [7, 11) is 0. The minimum Gasteiger partial charge on any atom is -0.456 e. The quantitative estimate of drug-likeness (QED) is 0.460. The van der Waals surface area contributed by atoms with E-state index < -0.39 is 0 Å². The van der Waals surface area contributed by atoms with Gasteiger partial charge in [0.15, 0.2) is 0 Å². The highest BCUT2D eigenvalue weighted by Gasteiger charge is 2.08. The lowest BCUT2D eigenvalue weighted by Crippen LogP contribution is -1.81. The Labute approximate surface area is 110 Å². The lowest BCUT2D eigenvalue weighted by molar-refractivity contribution is 0.669. The Morgan fingerprint density at radius 2 is 1.63 bits per heavy atom. The second kappa shape index (κ2) is 3.51. The smallest absolute Gasteiger partial charge is 0.137 e. The van der Waals surface area contributed by atoms with Gasteiger partial charge in [-0.2, -0.15) is 0 Å². The van der Waals surface area contributed by atoms with Crippen molar-refractivity contribution < 1.29 is 4.42 Å². The van der Waals surface area contributed by atoms with Gasteiger partial charge < -0.3 is 10.2 Å². The molecule has 0 aliphatic rings. The van der Waals surface area contributed by atoms with Gasteiger partial charge in [0.25, 0.3) is 0 Å². The molecular weight excluding hydrogens is 234 g/mol. The van der Waals surface area contributed by atoms with E-state index in [9.17, 15) is 0 Å². The van der Waals surface area contributed by atoms with Crippen LogP contribution in [0.1, 0.15) is 5.56 Å². The number of rotatable bonds is 0. The third-order valence-corrected chi connectivity index (χ3v) is 3.61. The van der Waals surface area contributed by atoms with E-state index >= 15 is 0 Å². The fraction of sp³-hybridized carbons (Fsp3) is 0.0588. The Hall–Kier alpha value is -2.48. The van der Waals surface area contributed by atoms with Crippen molar-refractivity contribution in [2.24, 2.45) is 0 Å². The maximum atomic E-state index is 5.90. The third kappa shape index (κ3) is 1.50. The molecule has 0 unspecified atom stereocenters. The first kappa shape index (κ1) is 10.4. The van der Waals surface area contributed by atoms with Crippen molar-refractivity contribution >= 4 is 38.4 Å². The van der Waals surface area contributed by atoms with Crippen LogP contribution < -0.4 is 5.73 Å². The standard InChI is InChI=1S/C17H13NO/c1-10-2-3-11-7-15-14-5-4-13(18)9-17(14)19-16(15)8-12(11)6-10/h2-9H,18H2,1H3. The lowest BCUT2D eigenvalue weighted by atomic mass is 10.0. The van der Waals surface area contributed by atoms with Gasteiger partial charge in [0.1, 0.15) is 11.2 Å². The van der Waals surface area contributed by atoms with Crippen LogP contribution in [0, 0.1) is 6.92 Å². The number of hydrogen-bond acceptors (Lipinski definition) is 2. The van der Waals surface area contributed by atoms with E-state index in [0.717, 1.165) is 27.6 Å². The minimum absolute atomic E-state index is 0.729. The van der Waals surface area contributed by atoms with Crippen molar-refractivity contribution in [1.29, 1.82) is 0 Å². The Kier molecular flexibility index (Phi) is 1.93. The molecule has 0 radical (unpaired) electrons. The van der Waals surface area contributed by atoms with Crippen molar-refractivity contribution in [2.45, 2.75) is 6.92 Å². The number of furan rings is 1. The van der Waals surface area contributed by atoms with Gasteiger partial charge in [0.05, 0.1) is 0 Å². The van der Waals surface area contributed by atoms with Gasteiger partial charge in [0, 0.05) is 22.5 Å². The number of aryl methyl sites for hydroxylation is 1. The molecule has 1 aromatic heterocycles. The van der Waals surface area contributed by atoms with Gasteiger partial charge in [-0.1, -0.05) is 23.8 Å². The summed E-state index contributed by atoms with van der Waals surface area (Å²) >= 11 is 0. The SMILES string of the molecule is Cc1ccc2cc3c(cc2c1)oc1cc(N)ccc13. The Balaban J connectivity index is 2.19. The number of anilines is 1. The molecule has 0 amide bonds. The van der Waals surface area contributed by atoms with Crippen molar-refractivity contribution in [3.05, 3.63) is 54.1 Å². The molecule has 0 saturated heterocycles. The van der Waals surface area contributed by atoms with Crippen LogP contribution in [-0.2, 0) is 0 Å². The summed E-state index contributed by atoms with van der Waals surface area (Å²) in [5.41, 5.74) is 9.56. The molecule has 4 aromatic rings. The van der Waals surface area contributed by atoms with E-state index in [0.29, 0.717) is 0 Å². The number of benzene rings is 3. The molecule has 0 aliphatic heterocycles. The molecule has 2 nitrogen and oxygen atoms in total. The molecular formula is C17H13NO. The van der Waals surface area contributed by atoms with E-state index in [-0.39, 0.29) is 0 Å². The van der Waals surface area contributed by atoms with Crippen LogP contribution in [0.4, 0.5) is 5.69 Å². The number of fused-ring (bicyclic) bond motifs is 4. The third-order valence-electron chi connectivity index (χ3n) is 3.61. The summed E-state index contributed by atoms with van der Waals surface area (Å²) < 4.78 is 5.90. The van der Waals surface area contributed by atoms with Gasteiger partial charge in [-0.25, -0.2) is 0 Å². The second-order valence-corrected chi connectivity index (χ2v) is 5.06. The zero-order valence-corrected chi connectivity index (χ0v) is 10.6. The topological polar surface area (TPSA) is 39.2 Å². The normalized spacial score (nSPS) is 11.6. The van der Waals surface area contributed by atoms with Crippen molar-refractivity contribution in [2.75, 3.05) is 5.73 Å². The van der Waals surface area contributed by atoms with Crippen LogP contribution in [0.15, 0.2) is 52.9 Å². The molecule has 0 bridgehead atoms. The average molecular weight is 247 g/mol. The zero-order valence-electron chi connectivity index (χ0n) is 10.6. The molecule has 0 spiro atoms. The van der Waals surface area contributed by atoms with E-state index in [1.54, 1.807) is 0 Å². The predicted octanol–water partition coefficient (Wildman–Crippen LogP) is 4.63. The average Bonchev–Trinajstić information content (AvgIpc) is 2.72. The van der Waals surface area contributed by atoms with Gasteiger partial charge in [-0.15, -0.1) is 0 Å². The van der Waals surface area contributed by atoms with Crippen LogP contribution >= 0.6 is 0 Å². The molecule has 92 valence electrons. The Morgan fingerprint density at radius 1 is 0.789 bits per heavy atom. The molecule has 0 saturated carbocycles. The van der Waals surface area contributed by atoms with Crippen LogP contribution in [0.3, 0.4) is 0 Å². The number of nitrogens with two attached hydrogens (primary N) is 1. The first-order chi connectivity index (χ1) is 9.20. The Morgan fingerprint density at radius 3 is 2.53 bits per heavy atom. The molecule has 1 heterocycles. The van der Waals surface area contributed by atoms with Gasteiger partial charge in [-0.3, -0.25) is 0 Å².